The molecule has 0 radical (unpaired) electrons. The number of methoxy groups -OCH3 is 1. The molecule has 100 valence electrons. The first-order valence-electron chi connectivity index (χ1n) is 6.71. The summed E-state index contributed by atoms with van der Waals surface area (Å²) in [7, 11) is 1.70. The summed E-state index contributed by atoms with van der Waals surface area (Å²) in [6.07, 6.45) is 6.11. The molecule has 1 rings (SSSR count). The van der Waals surface area contributed by atoms with Crippen molar-refractivity contribution in [2.24, 2.45) is 5.92 Å². The number of hydrogen-bond donors (Lipinski definition) is 2. The first-order valence-corrected chi connectivity index (χ1v) is 6.71. The Morgan fingerprint density at radius 3 is 2.71 bits per heavy atom. The largest absolute Gasteiger partial charge is 0.384 e. The predicted octanol–water partition coefficient (Wildman–Crippen LogP) is 1.31. The molecule has 4 heteroatoms. The van der Waals surface area contributed by atoms with Gasteiger partial charge in [0.05, 0.1) is 6.54 Å². The molecule has 0 aliphatic heterocycles. The highest BCUT2D eigenvalue weighted by Gasteiger charge is 2.15. The van der Waals surface area contributed by atoms with Crippen molar-refractivity contribution >= 4 is 5.91 Å². The van der Waals surface area contributed by atoms with Crippen LogP contribution in [-0.4, -0.2) is 38.8 Å². The van der Waals surface area contributed by atoms with Crippen LogP contribution in [0.3, 0.4) is 0 Å². The van der Waals surface area contributed by atoms with Crippen molar-refractivity contribution in [1.82, 2.24) is 10.6 Å². The summed E-state index contributed by atoms with van der Waals surface area (Å²) in [5.41, 5.74) is 0. The molecular weight excluding hydrogens is 216 g/mol. The first kappa shape index (κ1) is 14.5. The number of amides is 1. The molecule has 1 atom stereocenters. The summed E-state index contributed by atoms with van der Waals surface area (Å²) in [4.78, 5) is 11.6. The molecule has 1 aliphatic rings. The molecular formula is C13H26N2O2. The van der Waals surface area contributed by atoms with Gasteiger partial charge in [0.2, 0.25) is 5.91 Å². The van der Waals surface area contributed by atoms with Gasteiger partial charge in [-0.05, 0) is 18.8 Å². The highest BCUT2D eigenvalue weighted by Crippen LogP contribution is 2.16. The lowest BCUT2D eigenvalue weighted by Gasteiger charge is -2.23. The summed E-state index contributed by atoms with van der Waals surface area (Å²) >= 11 is 0. The Balaban J connectivity index is 2.04. The van der Waals surface area contributed by atoms with Crippen LogP contribution < -0.4 is 10.6 Å². The van der Waals surface area contributed by atoms with Crippen LogP contribution in [0.4, 0.5) is 0 Å². The summed E-state index contributed by atoms with van der Waals surface area (Å²) in [6, 6.07) is 0.412. The van der Waals surface area contributed by atoms with E-state index in [0.29, 0.717) is 18.5 Å². The van der Waals surface area contributed by atoms with Gasteiger partial charge in [-0.25, -0.2) is 0 Å². The van der Waals surface area contributed by atoms with E-state index in [1.165, 1.54) is 19.3 Å². The van der Waals surface area contributed by atoms with E-state index in [1.54, 1.807) is 7.11 Å². The lowest BCUT2D eigenvalue weighted by molar-refractivity contribution is -0.121. The van der Waals surface area contributed by atoms with E-state index in [1.807, 2.05) is 0 Å². The molecule has 1 amide bonds. The molecule has 0 heterocycles. The zero-order chi connectivity index (χ0) is 12.5. The van der Waals surface area contributed by atoms with Gasteiger partial charge in [-0.2, -0.15) is 0 Å². The Kier molecular flexibility index (Phi) is 7.21. The lowest BCUT2D eigenvalue weighted by atomic mass is 9.95. The van der Waals surface area contributed by atoms with E-state index in [2.05, 4.69) is 17.6 Å². The van der Waals surface area contributed by atoms with Gasteiger partial charge in [-0.1, -0.05) is 26.2 Å². The highest BCUT2D eigenvalue weighted by atomic mass is 16.5. The second-order valence-electron chi connectivity index (χ2n) is 5.09. The molecule has 1 aliphatic carbocycles. The highest BCUT2D eigenvalue weighted by molar-refractivity contribution is 5.78. The molecule has 1 saturated carbocycles. The van der Waals surface area contributed by atoms with Crippen molar-refractivity contribution in [1.29, 1.82) is 0 Å². The maximum absolute atomic E-state index is 11.6. The Morgan fingerprint density at radius 2 is 2.06 bits per heavy atom. The Hall–Kier alpha value is -0.610. The zero-order valence-electron chi connectivity index (χ0n) is 11.1. The standard InChI is InChI=1S/C13H26N2O2/c1-11(10-17-2)8-14-9-13(16)15-12-6-4-3-5-7-12/h11-12,14H,3-10H2,1-2H3,(H,15,16). The van der Waals surface area contributed by atoms with Crippen LogP contribution in [0, 0.1) is 5.92 Å². The summed E-state index contributed by atoms with van der Waals surface area (Å²) in [5, 5.41) is 6.26. The Labute approximate surface area is 104 Å². The molecule has 0 bridgehead atoms. The van der Waals surface area contributed by atoms with Crippen LogP contribution >= 0.6 is 0 Å². The number of carbonyl (C=O) groups is 1. The van der Waals surface area contributed by atoms with Crippen molar-refractivity contribution < 1.29 is 9.53 Å². The van der Waals surface area contributed by atoms with Gasteiger partial charge < -0.3 is 15.4 Å². The first-order chi connectivity index (χ1) is 8.22. The second kappa shape index (κ2) is 8.48. The number of nitrogens with one attached hydrogen (secondary N) is 2. The fourth-order valence-corrected chi connectivity index (χ4v) is 2.30. The normalized spacial score (nSPS) is 18.9. The number of carbonyl (C=O) groups excluding carboxylic acids is 1. The molecule has 0 saturated heterocycles. The van der Waals surface area contributed by atoms with E-state index in [0.717, 1.165) is 26.0 Å². The third-order valence-electron chi connectivity index (χ3n) is 3.20. The summed E-state index contributed by atoms with van der Waals surface area (Å²) < 4.78 is 5.04. The van der Waals surface area contributed by atoms with Crippen LogP contribution in [0.5, 0.6) is 0 Å². The van der Waals surface area contributed by atoms with Crippen LogP contribution in [-0.2, 0) is 9.53 Å². The van der Waals surface area contributed by atoms with E-state index in [-0.39, 0.29) is 5.91 Å². The van der Waals surface area contributed by atoms with Gasteiger partial charge in [0, 0.05) is 26.3 Å². The third-order valence-corrected chi connectivity index (χ3v) is 3.20. The molecule has 1 fully saturated rings. The predicted molar refractivity (Wildman–Crippen MR) is 68.9 cm³/mol. The fraction of sp³-hybridized carbons (Fsp3) is 0.923. The summed E-state index contributed by atoms with van der Waals surface area (Å²) in [5.74, 6) is 0.573. The van der Waals surface area contributed by atoms with Gasteiger partial charge in [0.25, 0.3) is 0 Å². The molecule has 17 heavy (non-hydrogen) atoms. The topological polar surface area (TPSA) is 50.4 Å². The van der Waals surface area contributed by atoms with Crippen molar-refractivity contribution in [3.63, 3.8) is 0 Å². The minimum Gasteiger partial charge on any atom is -0.384 e. The van der Waals surface area contributed by atoms with Crippen molar-refractivity contribution in [3.05, 3.63) is 0 Å². The van der Waals surface area contributed by atoms with E-state index in [9.17, 15) is 4.79 Å². The number of ether oxygens (including phenoxy) is 1. The maximum Gasteiger partial charge on any atom is 0.234 e. The van der Waals surface area contributed by atoms with Gasteiger partial charge in [0.15, 0.2) is 0 Å². The van der Waals surface area contributed by atoms with Crippen molar-refractivity contribution in [2.45, 2.75) is 45.1 Å². The molecule has 0 aromatic rings. The van der Waals surface area contributed by atoms with Crippen LogP contribution in [0.2, 0.25) is 0 Å². The average molecular weight is 242 g/mol. The van der Waals surface area contributed by atoms with E-state index in [4.69, 9.17) is 4.74 Å². The van der Waals surface area contributed by atoms with Gasteiger partial charge >= 0.3 is 0 Å². The Morgan fingerprint density at radius 1 is 1.35 bits per heavy atom. The molecule has 0 aromatic carbocycles. The molecule has 0 aromatic heterocycles. The van der Waals surface area contributed by atoms with Crippen LogP contribution in [0.15, 0.2) is 0 Å². The quantitative estimate of drug-likeness (QED) is 0.707. The minimum absolute atomic E-state index is 0.126. The fourth-order valence-electron chi connectivity index (χ4n) is 2.30. The van der Waals surface area contributed by atoms with Crippen molar-refractivity contribution in [3.8, 4) is 0 Å². The molecule has 2 N–H and O–H groups in total. The molecule has 4 nitrogen and oxygen atoms in total. The monoisotopic (exact) mass is 242 g/mol. The maximum atomic E-state index is 11.6. The van der Waals surface area contributed by atoms with E-state index >= 15 is 0 Å². The zero-order valence-corrected chi connectivity index (χ0v) is 11.1. The van der Waals surface area contributed by atoms with E-state index < -0.39 is 0 Å². The number of hydrogen-bond acceptors (Lipinski definition) is 3. The van der Waals surface area contributed by atoms with Gasteiger partial charge in [0.1, 0.15) is 0 Å². The SMILES string of the molecule is COCC(C)CNCC(=O)NC1CCCCC1. The van der Waals surface area contributed by atoms with Crippen LogP contribution in [0.1, 0.15) is 39.0 Å². The lowest BCUT2D eigenvalue weighted by Crippen LogP contribution is -2.42. The Bertz CT molecular complexity index is 215. The smallest absolute Gasteiger partial charge is 0.234 e. The molecule has 0 spiro atoms. The average Bonchev–Trinajstić information content (AvgIpc) is 2.30. The summed E-state index contributed by atoms with van der Waals surface area (Å²) in [6.45, 7) is 4.09. The van der Waals surface area contributed by atoms with Crippen molar-refractivity contribution in [2.75, 3.05) is 26.8 Å². The van der Waals surface area contributed by atoms with Gasteiger partial charge in [-0.15, -0.1) is 0 Å². The third kappa shape index (κ3) is 6.64. The number of rotatable bonds is 7. The minimum atomic E-state index is 0.126. The molecule has 1 unspecified atom stereocenters. The second-order valence-corrected chi connectivity index (χ2v) is 5.09. The van der Waals surface area contributed by atoms with Gasteiger partial charge in [-0.3, -0.25) is 4.79 Å². The van der Waals surface area contributed by atoms with Crippen LogP contribution in [0.25, 0.3) is 0 Å².